The van der Waals surface area contributed by atoms with Crippen molar-refractivity contribution in [3.63, 3.8) is 0 Å². The van der Waals surface area contributed by atoms with Gasteiger partial charge in [-0.2, -0.15) is 5.26 Å². The van der Waals surface area contributed by atoms with Crippen LogP contribution < -0.4 is 10.1 Å². The molecule has 0 radical (unpaired) electrons. The zero-order valence-electron chi connectivity index (χ0n) is 13.8. The van der Waals surface area contributed by atoms with Gasteiger partial charge in [0.2, 0.25) is 5.91 Å². The number of nitrogens with one attached hydrogen (secondary N) is 1. The molecule has 0 heterocycles. The Labute approximate surface area is 157 Å². The van der Waals surface area contributed by atoms with Crippen LogP contribution in [0, 0.1) is 11.3 Å². The van der Waals surface area contributed by atoms with Gasteiger partial charge < -0.3 is 10.1 Å². The van der Waals surface area contributed by atoms with E-state index in [1.54, 1.807) is 42.5 Å². The molecule has 0 bridgehead atoms. The molecule has 0 aliphatic heterocycles. The number of halogens is 2. The van der Waals surface area contributed by atoms with E-state index in [9.17, 15) is 10.1 Å². The molecule has 1 N–H and O–H groups in total. The molecule has 0 fully saturated rings. The Morgan fingerprint density at radius 3 is 2.48 bits per heavy atom. The minimum Gasteiger partial charge on any atom is -0.490 e. The average molecular weight is 377 g/mol. The van der Waals surface area contributed by atoms with Gasteiger partial charge in [0.1, 0.15) is 12.4 Å². The Morgan fingerprint density at radius 1 is 1.20 bits per heavy atom. The quantitative estimate of drug-likeness (QED) is 0.778. The Hall–Kier alpha value is -2.22. The van der Waals surface area contributed by atoms with Crippen molar-refractivity contribution in [3.8, 4) is 11.8 Å². The lowest BCUT2D eigenvalue weighted by atomic mass is 9.98. The van der Waals surface area contributed by atoms with Crippen LogP contribution in [-0.2, 0) is 11.2 Å². The van der Waals surface area contributed by atoms with Gasteiger partial charge in [0.05, 0.1) is 12.5 Å². The topological polar surface area (TPSA) is 62.1 Å². The van der Waals surface area contributed by atoms with Crippen LogP contribution in [-0.4, -0.2) is 18.1 Å². The molecule has 0 aliphatic carbocycles. The van der Waals surface area contributed by atoms with Crippen molar-refractivity contribution in [1.29, 1.82) is 5.26 Å². The smallest absolute Gasteiger partial charge is 0.225 e. The first kappa shape index (κ1) is 19.1. The average Bonchev–Trinajstić information content (AvgIpc) is 2.62. The van der Waals surface area contributed by atoms with Gasteiger partial charge in [-0.05, 0) is 42.3 Å². The van der Waals surface area contributed by atoms with E-state index in [0.29, 0.717) is 27.8 Å². The Balaban J connectivity index is 2.03. The maximum Gasteiger partial charge on any atom is 0.225 e. The summed E-state index contributed by atoms with van der Waals surface area (Å²) in [5, 5.41) is 13.5. The van der Waals surface area contributed by atoms with Gasteiger partial charge in [0.25, 0.3) is 0 Å². The Morgan fingerprint density at radius 2 is 1.88 bits per heavy atom. The molecule has 0 aromatic heterocycles. The number of rotatable bonds is 7. The van der Waals surface area contributed by atoms with Crippen molar-refractivity contribution in [2.24, 2.45) is 0 Å². The predicted octanol–water partition coefficient (Wildman–Crippen LogP) is 4.40. The molecule has 2 rings (SSSR count). The fourth-order valence-corrected chi connectivity index (χ4v) is 2.56. The van der Waals surface area contributed by atoms with Gasteiger partial charge in [0, 0.05) is 10.0 Å². The van der Waals surface area contributed by atoms with E-state index in [-0.39, 0.29) is 18.9 Å². The summed E-state index contributed by atoms with van der Waals surface area (Å²) in [6.45, 7) is 1.86. The zero-order chi connectivity index (χ0) is 18.3. The van der Waals surface area contributed by atoms with Crippen molar-refractivity contribution in [2.45, 2.75) is 25.3 Å². The molecule has 0 saturated carbocycles. The fourth-order valence-electron chi connectivity index (χ4n) is 2.23. The molecule has 0 aliphatic rings. The van der Waals surface area contributed by atoms with Gasteiger partial charge in [-0.15, -0.1) is 0 Å². The van der Waals surface area contributed by atoms with Crippen molar-refractivity contribution >= 4 is 29.1 Å². The maximum atomic E-state index is 12.4. The van der Waals surface area contributed by atoms with E-state index in [1.165, 1.54) is 0 Å². The van der Waals surface area contributed by atoms with Crippen LogP contribution in [0.1, 0.15) is 18.9 Å². The van der Waals surface area contributed by atoms with Crippen molar-refractivity contribution < 1.29 is 9.53 Å². The second-order valence-corrected chi connectivity index (χ2v) is 6.45. The lowest BCUT2D eigenvalue weighted by Gasteiger charge is -2.26. The lowest BCUT2D eigenvalue weighted by molar-refractivity contribution is -0.122. The number of carbonyl (C=O) groups is 1. The third kappa shape index (κ3) is 5.38. The fraction of sp³-hybridized carbons (Fsp3) is 0.263. The Bertz CT molecular complexity index is 772. The lowest BCUT2D eigenvalue weighted by Crippen LogP contribution is -2.51. The van der Waals surface area contributed by atoms with Gasteiger partial charge in [-0.3, -0.25) is 4.79 Å². The van der Waals surface area contributed by atoms with Crippen LogP contribution >= 0.6 is 23.2 Å². The number of ether oxygens (including phenoxy) is 1. The number of hydrogen-bond donors (Lipinski definition) is 1. The molecule has 0 spiro atoms. The van der Waals surface area contributed by atoms with Crippen LogP contribution in [0.2, 0.25) is 10.0 Å². The van der Waals surface area contributed by atoms with Gasteiger partial charge in [0.15, 0.2) is 5.54 Å². The van der Waals surface area contributed by atoms with Crippen molar-refractivity contribution in [1.82, 2.24) is 5.32 Å². The standard InChI is InChI=1S/C19H18Cl2N2O2/c1-2-19(12-22,13-25-16-9-7-15(20)8-10-16)23-18(24)11-14-5-3-4-6-17(14)21/h3-10H,2,11,13H2,1H3,(H,23,24). The van der Waals surface area contributed by atoms with E-state index in [2.05, 4.69) is 11.4 Å². The first-order valence-corrected chi connectivity index (χ1v) is 8.57. The van der Waals surface area contributed by atoms with Gasteiger partial charge in [-0.1, -0.05) is 48.3 Å². The summed E-state index contributed by atoms with van der Waals surface area (Å²) in [6, 6.07) is 16.1. The molecule has 1 amide bonds. The molecule has 25 heavy (non-hydrogen) atoms. The third-order valence-corrected chi connectivity index (χ3v) is 4.42. The highest BCUT2D eigenvalue weighted by atomic mass is 35.5. The molecule has 2 aromatic carbocycles. The van der Waals surface area contributed by atoms with Crippen LogP contribution in [0.3, 0.4) is 0 Å². The number of amides is 1. The van der Waals surface area contributed by atoms with Crippen LogP contribution in [0.25, 0.3) is 0 Å². The van der Waals surface area contributed by atoms with Crippen LogP contribution in [0.4, 0.5) is 0 Å². The number of nitriles is 1. The van der Waals surface area contributed by atoms with E-state index < -0.39 is 5.54 Å². The van der Waals surface area contributed by atoms with Crippen LogP contribution in [0.15, 0.2) is 48.5 Å². The maximum absolute atomic E-state index is 12.4. The van der Waals surface area contributed by atoms with E-state index in [0.717, 1.165) is 0 Å². The number of benzene rings is 2. The Kier molecular flexibility index (Phi) is 6.69. The predicted molar refractivity (Wildman–Crippen MR) is 98.9 cm³/mol. The molecule has 130 valence electrons. The molecule has 1 atom stereocenters. The van der Waals surface area contributed by atoms with E-state index >= 15 is 0 Å². The molecular weight excluding hydrogens is 359 g/mol. The summed E-state index contributed by atoms with van der Waals surface area (Å²) >= 11 is 11.9. The highest BCUT2D eigenvalue weighted by Gasteiger charge is 2.31. The summed E-state index contributed by atoms with van der Waals surface area (Å²) in [4.78, 5) is 12.4. The van der Waals surface area contributed by atoms with Crippen molar-refractivity contribution in [2.75, 3.05) is 6.61 Å². The summed E-state index contributed by atoms with van der Waals surface area (Å²) in [7, 11) is 0. The van der Waals surface area contributed by atoms with Gasteiger partial charge in [-0.25, -0.2) is 0 Å². The molecule has 1 unspecified atom stereocenters. The second kappa shape index (κ2) is 8.75. The second-order valence-electron chi connectivity index (χ2n) is 5.61. The van der Waals surface area contributed by atoms with E-state index in [4.69, 9.17) is 27.9 Å². The zero-order valence-corrected chi connectivity index (χ0v) is 15.3. The number of nitrogens with zero attached hydrogens (tertiary/aromatic N) is 1. The minimum absolute atomic E-state index is 0.0376. The highest BCUT2D eigenvalue weighted by Crippen LogP contribution is 2.19. The molecule has 0 saturated heterocycles. The SMILES string of the molecule is CCC(C#N)(COc1ccc(Cl)cc1)NC(=O)Cc1ccccc1Cl. The van der Waals surface area contributed by atoms with Crippen LogP contribution in [0.5, 0.6) is 5.75 Å². The molecule has 2 aromatic rings. The summed E-state index contributed by atoms with van der Waals surface area (Å²) < 4.78 is 5.66. The van der Waals surface area contributed by atoms with Gasteiger partial charge >= 0.3 is 0 Å². The summed E-state index contributed by atoms with van der Waals surface area (Å²) in [5.74, 6) is 0.300. The molecular formula is C19H18Cl2N2O2. The monoisotopic (exact) mass is 376 g/mol. The minimum atomic E-state index is -1.11. The summed E-state index contributed by atoms with van der Waals surface area (Å²) in [5.41, 5.74) is -0.402. The van der Waals surface area contributed by atoms with Crippen molar-refractivity contribution in [3.05, 3.63) is 64.1 Å². The normalized spacial score (nSPS) is 12.7. The number of carbonyl (C=O) groups excluding carboxylic acids is 1. The van der Waals surface area contributed by atoms with E-state index in [1.807, 2.05) is 13.0 Å². The molecule has 6 heteroatoms. The largest absolute Gasteiger partial charge is 0.490 e. The number of hydrogen-bond acceptors (Lipinski definition) is 3. The highest BCUT2D eigenvalue weighted by molar-refractivity contribution is 6.31. The third-order valence-electron chi connectivity index (χ3n) is 3.80. The summed E-state index contributed by atoms with van der Waals surface area (Å²) in [6.07, 6.45) is 0.509. The first-order valence-electron chi connectivity index (χ1n) is 7.82. The first-order chi connectivity index (χ1) is 12.0. The molecule has 4 nitrogen and oxygen atoms in total.